The molecule has 1 aromatic carbocycles. The molecule has 4 aromatic rings. The summed E-state index contributed by atoms with van der Waals surface area (Å²) in [5.41, 5.74) is 2.09. The SMILES string of the molecule is CS(=O)(=O)c1nc(C(=O)N2CCC(n3c(=O)[nH]c4ccccc43)CC2)c2ccccn12. The summed E-state index contributed by atoms with van der Waals surface area (Å²) in [4.78, 5) is 34.4. The highest BCUT2D eigenvalue weighted by Crippen LogP contribution is 2.27. The molecule has 1 saturated heterocycles. The van der Waals surface area contributed by atoms with Crippen LogP contribution < -0.4 is 5.69 Å². The van der Waals surface area contributed by atoms with Gasteiger partial charge in [-0.15, -0.1) is 0 Å². The average molecular weight is 439 g/mol. The van der Waals surface area contributed by atoms with E-state index in [1.807, 2.05) is 24.3 Å². The Morgan fingerprint density at radius 3 is 2.48 bits per heavy atom. The minimum Gasteiger partial charge on any atom is -0.337 e. The van der Waals surface area contributed by atoms with Crippen LogP contribution in [0.5, 0.6) is 0 Å². The molecule has 0 aliphatic carbocycles. The molecule has 1 fully saturated rings. The molecule has 160 valence electrons. The molecule has 9 nitrogen and oxygen atoms in total. The number of benzene rings is 1. The van der Waals surface area contributed by atoms with E-state index in [2.05, 4.69) is 9.97 Å². The summed E-state index contributed by atoms with van der Waals surface area (Å²) in [7, 11) is -3.60. The highest BCUT2D eigenvalue weighted by Gasteiger charge is 2.30. The second-order valence-electron chi connectivity index (χ2n) is 7.81. The minimum atomic E-state index is -3.60. The standard InChI is InChI=1S/C21H21N5O4S/c1-31(29,30)21-23-18(17-8-4-5-11-25(17)21)19(27)24-12-9-14(10-13-24)26-16-7-3-2-6-15(16)22-20(26)28/h2-8,11,14H,9-10,12-13H2,1H3,(H,22,28). The topological polar surface area (TPSA) is 110 Å². The number of hydrogen-bond acceptors (Lipinski definition) is 5. The van der Waals surface area contributed by atoms with Crippen molar-refractivity contribution in [3.63, 3.8) is 0 Å². The van der Waals surface area contributed by atoms with Gasteiger partial charge in [0, 0.05) is 31.6 Å². The lowest BCUT2D eigenvalue weighted by molar-refractivity contribution is 0.0691. The Bertz CT molecular complexity index is 1470. The van der Waals surface area contributed by atoms with Crippen molar-refractivity contribution in [2.24, 2.45) is 0 Å². The van der Waals surface area contributed by atoms with Crippen molar-refractivity contribution in [1.82, 2.24) is 23.8 Å². The predicted octanol–water partition coefficient (Wildman–Crippen LogP) is 1.86. The third kappa shape index (κ3) is 3.23. The first kappa shape index (κ1) is 19.6. The van der Waals surface area contributed by atoms with E-state index < -0.39 is 9.84 Å². The van der Waals surface area contributed by atoms with Gasteiger partial charge in [0.1, 0.15) is 0 Å². The number of nitrogens with one attached hydrogen (secondary N) is 1. The van der Waals surface area contributed by atoms with Gasteiger partial charge < -0.3 is 9.88 Å². The Morgan fingerprint density at radius 1 is 1.06 bits per heavy atom. The van der Waals surface area contributed by atoms with Crippen molar-refractivity contribution in [3.8, 4) is 0 Å². The summed E-state index contributed by atoms with van der Waals surface area (Å²) in [6, 6.07) is 12.7. The van der Waals surface area contributed by atoms with Gasteiger partial charge >= 0.3 is 5.69 Å². The fraction of sp³-hybridized carbons (Fsp3) is 0.286. The number of fused-ring (bicyclic) bond motifs is 2. The monoisotopic (exact) mass is 439 g/mol. The average Bonchev–Trinajstić information content (AvgIpc) is 3.31. The van der Waals surface area contributed by atoms with Gasteiger partial charge in [0.05, 0.1) is 16.6 Å². The Labute approximate surface area is 177 Å². The van der Waals surface area contributed by atoms with Crippen LogP contribution in [0.2, 0.25) is 0 Å². The van der Waals surface area contributed by atoms with Gasteiger partial charge in [0.25, 0.3) is 5.91 Å². The number of sulfone groups is 1. The molecule has 1 N–H and O–H groups in total. The number of hydrogen-bond donors (Lipinski definition) is 1. The van der Waals surface area contributed by atoms with E-state index in [1.165, 1.54) is 4.40 Å². The summed E-state index contributed by atoms with van der Waals surface area (Å²) < 4.78 is 27.5. The Balaban J connectivity index is 1.42. The van der Waals surface area contributed by atoms with Crippen molar-refractivity contribution in [3.05, 3.63) is 64.8 Å². The maximum absolute atomic E-state index is 13.2. The van der Waals surface area contributed by atoms with Crippen LogP contribution in [0, 0.1) is 0 Å². The van der Waals surface area contributed by atoms with Crippen molar-refractivity contribution < 1.29 is 13.2 Å². The van der Waals surface area contributed by atoms with Gasteiger partial charge in [-0.25, -0.2) is 18.2 Å². The fourth-order valence-electron chi connectivity index (χ4n) is 4.34. The number of aromatic amines is 1. The van der Waals surface area contributed by atoms with Crippen LogP contribution in [0.15, 0.2) is 58.6 Å². The maximum atomic E-state index is 13.2. The number of piperidine rings is 1. The second-order valence-corrected chi connectivity index (χ2v) is 9.72. The molecule has 0 bridgehead atoms. The Hall–Kier alpha value is -3.40. The zero-order valence-electron chi connectivity index (χ0n) is 16.9. The van der Waals surface area contributed by atoms with E-state index in [1.54, 1.807) is 33.9 Å². The van der Waals surface area contributed by atoms with E-state index in [0.29, 0.717) is 31.4 Å². The van der Waals surface area contributed by atoms with Crippen LogP contribution in [-0.2, 0) is 9.84 Å². The van der Waals surface area contributed by atoms with Gasteiger partial charge in [0.2, 0.25) is 15.0 Å². The third-order valence-corrected chi connectivity index (χ3v) is 6.74. The van der Waals surface area contributed by atoms with Gasteiger partial charge in [-0.05, 0) is 37.1 Å². The molecular weight excluding hydrogens is 418 g/mol. The van der Waals surface area contributed by atoms with E-state index in [4.69, 9.17) is 0 Å². The quantitative estimate of drug-likeness (QED) is 0.524. The summed E-state index contributed by atoms with van der Waals surface area (Å²) in [6.07, 6.45) is 3.91. The summed E-state index contributed by atoms with van der Waals surface area (Å²) in [6.45, 7) is 0.908. The highest BCUT2D eigenvalue weighted by molar-refractivity contribution is 7.90. The number of carbonyl (C=O) groups is 1. The first-order valence-corrected chi connectivity index (χ1v) is 11.9. The number of imidazole rings is 2. The first-order valence-electron chi connectivity index (χ1n) is 10.0. The molecule has 1 aliphatic heterocycles. The lowest BCUT2D eigenvalue weighted by Crippen LogP contribution is -2.40. The van der Waals surface area contributed by atoms with Crippen LogP contribution in [-0.4, -0.2) is 57.5 Å². The molecule has 10 heteroatoms. The molecule has 0 unspecified atom stereocenters. The van der Waals surface area contributed by atoms with Gasteiger partial charge in [-0.2, -0.15) is 0 Å². The number of nitrogens with zero attached hydrogens (tertiary/aromatic N) is 4. The molecule has 1 aliphatic rings. The summed E-state index contributed by atoms with van der Waals surface area (Å²) in [5.74, 6) is -0.302. The molecule has 0 saturated carbocycles. The van der Waals surface area contributed by atoms with Crippen LogP contribution in [0.1, 0.15) is 29.4 Å². The largest absolute Gasteiger partial charge is 0.337 e. The van der Waals surface area contributed by atoms with Crippen molar-refractivity contribution in [2.75, 3.05) is 19.3 Å². The minimum absolute atomic E-state index is 0.0157. The van der Waals surface area contributed by atoms with Gasteiger partial charge in [-0.3, -0.25) is 13.8 Å². The highest BCUT2D eigenvalue weighted by atomic mass is 32.2. The van der Waals surface area contributed by atoms with E-state index in [-0.39, 0.29) is 28.5 Å². The van der Waals surface area contributed by atoms with E-state index in [9.17, 15) is 18.0 Å². The van der Waals surface area contributed by atoms with Crippen LogP contribution in [0.3, 0.4) is 0 Å². The van der Waals surface area contributed by atoms with Crippen LogP contribution in [0.4, 0.5) is 0 Å². The number of carbonyl (C=O) groups excluding carboxylic acids is 1. The molecular formula is C21H21N5O4S. The van der Waals surface area contributed by atoms with Gasteiger partial charge in [0.15, 0.2) is 5.69 Å². The van der Waals surface area contributed by atoms with Crippen LogP contribution in [0.25, 0.3) is 16.6 Å². The molecule has 4 heterocycles. The van der Waals surface area contributed by atoms with Gasteiger partial charge in [-0.1, -0.05) is 18.2 Å². The number of pyridine rings is 1. The zero-order valence-corrected chi connectivity index (χ0v) is 17.7. The zero-order chi connectivity index (χ0) is 21.8. The van der Waals surface area contributed by atoms with Crippen molar-refractivity contribution in [2.45, 2.75) is 24.0 Å². The lowest BCUT2D eigenvalue weighted by atomic mass is 10.0. The molecule has 31 heavy (non-hydrogen) atoms. The number of likely N-dealkylation sites (tertiary alicyclic amines) is 1. The Morgan fingerprint density at radius 2 is 1.74 bits per heavy atom. The molecule has 0 spiro atoms. The van der Waals surface area contributed by atoms with Crippen LogP contribution >= 0.6 is 0 Å². The molecule has 3 aromatic heterocycles. The number of aromatic nitrogens is 4. The fourth-order valence-corrected chi connectivity index (χ4v) is 5.12. The maximum Gasteiger partial charge on any atom is 0.326 e. The molecule has 5 rings (SSSR count). The molecule has 1 amide bonds. The molecule has 0 atom stereocenters. The summed E-state index contributed by atoms with van der Waals surface area (Å²) in [5, 5.41) is -0.147. The van der Waals surface area contributed by atoms with E-state index >= 15 is 0 Å². The Kier molecular flexibility index (Phi) is 4.47. The number of rotatable bonds is 3. The number of amides is 1. The predicted molar refractivity (Wildman–Crippen MR) is 115 cm³/mol. The van der Waals surface area contributed by atoms with Crippen molar-refractivity contribution in [1.29, 1.82) is 0 Å². The first-order chi connectivity index (χ1) is 14.8. The second kappa shape index (κ2) is 7.09. The summed E-state index contributed by atoms with van der Waals surface area (Å²) >= 11 is 0. The normalized spacial score (nSPS) is 15.7. The molecule has 0 radical (unpaired) electrons. The van der Waals surface area contributed by atoms with E-state index in [0.717, 1.165) is 17.3 Å². The number of para-hydroxylation sites is 2. The third-order valence-electron chi connectivity index (χ3n) is 5.79. The smallest absolute Gasteiger partial charge is 0.326 e. The lowest BCUT2D eigenvalue weighted by Gasteiger charge is -2.32. The number of H-pyrrole nitrogens is 1. The van der Waals surface area contributed by atoms with Crippen molar-refractivity contribution >= 4 is 32.3 Å².